The van der Waals surface area contributed by atoms with E-state index in [-0.39, 0.29) is 6.04 Å². The largest absolute Gasteiger partial charge is 0.344 e. The van der Waals surface area contributed by atoms with Crippen molar-refractivity contribution in [3.8, 4) is 11.4 Å². The first kappa shape index (κ1) is 15.1. The molecule has 0 unspecified atom stereocenters. The second kappa shape index (κ2) is 6.20. The van der Waals surface area contributed by atoms with Gasteiger partial charge in [0.25, 0.3) is 11.8 Å². The van der Waals surface area contributed by atoms with Crippen LogP contribution in [0.1, 0.15) is 24.8 Å². The molecule has 4 rings (SSSR count). The molecule has 0 saturated carbocycles. The smallest absolute Gasteiger partial charge is 0.265 e. The standard InChI is InChI=1S/C16H18N6OS/c1-21(2)15-18-14(23-19-15)12-9-6-10-22(12)16-17-13(20-24-16)11-7-4-3-5-8-11/h3-5,7-8,12H,6,9-10H2,1-2H3/t12-/m0/s1. The van der Waals surface area contributed by atoms with Crippen LogP contribution in [0.2, 0.25) is 0 Å². The molecule has 8 heteroatoms. The lowest BCUT2D eigenvalue weighted by Crippen LogP contribution is -2.22. The zero-order valence-corrected chi connectivity index (χ0v) is 14.4. The maximum Gasteiger partial charge on any atom is 0.265 e. The van der Waals surface area contributed by atoms with E-state index < -0.39 is 0 Å². The van der Waals surface area contributed by atoms with Crippen LogP contribution in [0, 0.1) is 0 Å². The van der Waals surface area contributed by atoms with Gasteiger partial charge in [-0.1, -0.05) is 30.3 Å². The van der Waals surface area contributed by atoms with Crippen LogP contribution in [0.3, 0.4) is 0 Å². The van der Waals surface area contributed by atoms with E-state index in [4.69, 9.17) is 9.51 Å². The van der Waals surface area contributed by atoms with Crippen LogP contribution < -0.4 is 9.80 Å². The van der Waals surface area contributed by atoms with Gasteiger partial charge in [-0.15, -0.1) is 0 Å². The van der Waals surface area contributed by atoms with Crippen LogP contribution in [0.25, 0.3) is 11.4 Å². The molecule has 0 radical (unpaired) electrons. The van der Waals surface area contributed by atoms with Gasteiger partial charge in [0, 0.05) is 37.7 Å². The third-order valence-electron chi connectivity index (χ3n) is 4.06. The molecule has 7 nitrogen and oxygen atoms in total. The van der Waals surface area contributed by atoms with E-state index in [1.807, 2.05) is 49.3 Å². The van der Waals surface area contributed by atoms with Crippen LogP contribution in [-0.2, 0) is 0 Å². The van der Waals surface area contributed by atoms with Crippen molar-refractivity contribution in [2.24, 2.45) is 0 Å². The fraction of sp³-hybridized carbons (Fsp3) is 0.375. The Morgan fingerprint density at radius 1 is 1.21 bits per heavy atom. The number of benzene rings is 1. The summed E-state index contributed by atoms with van der Waals surface area (Å²) in [4.78, 5) is 13.3. The maximum absolute atomic E-state index is 5.47. The van der Waals surface area contributed by atoms with Crippen molar-refractivity contribution in [1.29, 1.82) is 0 Å². The summed E-state index contributed by atoms with van der Waals surface area (Å²) in [5.74, 6) is 2.01. The molecular formula is C16H18N6OS. The SMILES string of the molecule is CN(C)c1noc([C@@H]2CCCN2c2nc(-c3ccccc3)ns2)n1. The number of hydrogen-bond acceptors (Lipinski definition) is 8. The van der Waals surface area contributed by atoms with E-state index in [1.165, 1.54) is 11.5 Å². The predicted octanol–water partition coefficient (Wildman–Crippen LogP) is 3.00. The second-order valence-electron chi connectivity index (χ2n) is 5.95. The molecule has 1 atom stereocenters. The van der Waals surface area contributed by atoms with Crippen molar-refractivity contribution >= 4 is 22.6 Å². The molecule has 24 heavy (non-hydrogen) atoms. The lowest BCUT2D eigenvalue weighted by molar-refractivity contribution is 0.354. The van der Waals surface area contributed by atoms with Gasteiger partial charge in [-0.25, -0.2) is 0 Å². The number of anilines is 2. The average molecular weight is 342 g/mol. The van der Waals surface area contributed by atoms with Gasteiger partial charge < -0.3 is 14.3 Å². The second-order valence-corrected chi connectivity index (χ2v) is 6.68. The molecule has 3 aromatic rings. The monoisotopic (exact) mass is 342 g/mol. The topological polar surface area (TPSA) is 71.2 Å². The zero-order chi connectivity index (χ0) is 16.5. The molecule has 124 valence electrons. The molecule has 0 spiro atoms. The van der Waals surface area contributed by atoms with Crippen molar-refractivity contribution in [2.45, 2.75) is 18.9 Å². The normalized spacial score (nSPS) is 17.4. The number of nitrogens with zero attached hydrogens (tertiary/aromatic N) is 6. The third kappa shape index (κ3) is 2.73. The molecule has 1 aliphatic rings. The molecule has 1 saturated heterocycles. The summed E-state index contributed by atoms with van der Waals surface area (Å²) in [6.45, 7) is 0.924. The Morgan fingerprint density at radius 3 is 2.79 bits per heavy atom. The highest BCUT2D eigenvalue weighted by Crippen LogP contribution is 2.37. The first-order valence-corrected chi connectivity index (χ1v) is 8.66. The van der Waals surface area contributed by atoms with E-state index >= 15 is 0 Å². The summed E-state index contributed by atoms with van der Waals surface area (Å²) in [7, 11) is 3.80. The van der Waals surface area contributed by atoms with Gasteiger partial charge in [0.1, 0.15) is 6.04 Å². The number of rotatable bonds is 4. The fourth-order valence-corrected chi connectivity index (χ4v) is 3.60. The Kier molecular flexibility index (Phi) is 3.89. The Bertz CT molecular complexity index is 815. The van der Waals surface area contributed by atoms with E-state index in [2.05, 4.69) is 19.4 Å². The first-order chi connectivity index (χ1) is 11.7. The van der Waals surface area contributed by atoms with E-state index in [9.17, 15) is 0 Å². The Balaban J connectivity index is 1.60. The molecule has 0 N–H and O–H groups in total. The summed E-state index contributed by atoms with van der Waals surface area (Å²) >= 11 is 1.42. The summed E-state index contributed by atoms with van der Waals surface area (Å²) in [6.07, 6.45) is 2.06. The van der Waals surface area contributed by atoms with Crippen molar-refractivity contribution < 1.29 is 4.52 Å². The quantitative estimate of drug-likeness (QED) is 0.722. The van der Waals surface area contributed by atoms with Crippen molar-refractivity contribution in [1.82, 2.24) is 19.5 Å². The van der Waals surface area contributed by atoms with E-state index in [0.717, 1.165) is 35.9 Å². The van der Waals surface area contributed by atoms with Gasteiger partial charge in [0.2, 0.25) is 5.13 Å². The highest BCUT2D eigenvalue weighted by molar-refractivity contribution is 7.09. The van der Waals surface area contributed by atoms with Crippen LogP contribution in [0.4, 0.5) is 11.1 Å². The van der Waals surface area contributed by atoms with Gasteiger partial charge >= 0.3 is 0 Å². The van der Waals surface area contributed by atoms with E-state index in [1.54, 1.807) is 0 Å². The van der Waals surface area contributed by atoms with Crippen LogP contribution in [0.5, 0.6) is 0 Å². The van der Waals surface area contributed by atoms with Gasteiger partial charge in [0.15, 0.2) is 5.82 Å². The van der Waals surface area contributed by atoms with Crippen LogP contribution in [0.15, 0.2) is 34.9 Å². The lowest BCUT2D eigenvalue weighted by Gasteiger charge is -2.19. The summed E-state index contributed by atoms with van der Waals surface area (Å²) in [5, 5.41) is 4.93. The minimum Gasteiger partial charge on any atom is -0.344 e. The fourth-order valence-electron chi connectivity index (χ4n) is 2.83. The first-order valence-electron chi connectivity index (χ1n) is 7.89. The zero-order valence-electron chi connectivity index (χ0n) is 13.6. The van der Waals surface area contributed by atoms with Gasteiger partial charge in [-0.05, 0) is 18.0 Å². The minimum absolute atomic E-state index is 0.0720. The van der Waals surface area contributed by atoms with Crippen molar-refractivity contribution in [2.75, 3.05) is 30.4 Å². The van der Waals surface area contributed by atoms with Gasteiger partial charge in [0.05, 0.1) is 0 Å². The highest BCUT2D eigenvalue weighted by Gasteiger charge is 2.33. The molecule has 0 aliphatic carbocycles. The molecule has 1 aliphatic heterocycles. The predicted molar refractivity (Wildman–Crippen MR) is 93.3 cm³/mol. The van der Waals surface area contributed by atoms with Crippen LogP contribution >= 0.6 is 11.5 Å². The maximum atomic E-state index is 5.47. The molecule has 3 heterocycles. The van der Waals surface area contributed by atoms with E-state index in [0.29, 0.717) is 11.8 Å². The van der Waals surface area contributed by atoms with Gasteiger partial charge in [-0.2, -0.15) is 14.3 Å². The Morgan fingerprint density at radius 2 is 2.04 bits per heavy atom. The molecular weight excluding hydrogens is 324 g/mol. The summed E-state index contributed by atoms with van der Waals surface area (Å²) < 4.78 is 9.97. The summed E-state index contributed by atoms with van der Waals surface area (Å²) in [6, 6.07) is 10.1. The number of hydrogen-bond donors (Lipinski definition) is 0. The highest BCUT2D eigenvalue weighted by atomic mass is 32.1. The Labute approximate surface area is 144 Å². The third-order valence-corrected chi connectivity index (χ3v) is 4.82. The van der Waals surface area contributed by atoms with Gasteiger partial charge in [-0.3, -0.25) is 0 Å². The minimum atomic E-state index is 0.0720. The molecule has 1 fully saturated rings. The molecule has 1 aromatic carbocycles. The molecule has 0 bridgehead atoms. The Hall–Kier alpha value is -2.48. The van der Waals surface area contributed by atoms with Crippen LogP contribution in [-0.4, -0.2) is 40.1 Å². The van der Waals surface area contributed by atoms with Crippen molar-refractivity contribution in [3.63, 3.8) is 0 Å². The molecule has 0 amide bonds. The average Bonchev–Trinajstić information content (AvgIpc) is 3.33. The van der Waals surface area contributed by atoms with Crippen molar-refractivity contribution in [3.05, 3.63) is 36.2 Å². The number of aromatic nitrogens is 4. The lowest BCUT2D eigenvalue weighted by atomic mass is 10.2. The molecule has 2 aromatic heterocycles. The summed E-state index contributed by atoms with van der Waals surface area (Å²) in [5.41, 5.74) is 1.03.